The van der Waals surface area contributed by atoms with Crippen molar-refractivity contribution in [3.05, 3.63) is 15.9 Å². The molecule has 7 heteroatoms. The van der Waals surface area contributed by atoms with Crippen LogP contribution < -0.4 is 16.2 Å². The fourth-order valence-electron chi connectivity index (χ4n) is 1.16. The zero-order valence-electron chi connectivity index (χ0n) is 8.11. The number of nitrogen functional groups attached to an aromatic ring is 2. The zero-order chi connectivity index (χ0) is 11.4. The van der Waals surface area contributed by atoms with Crippen LogP contribution in [0, 0.1) is 5.21 Å². The lowest BCUT2D eigenvalue weighted by Gasteiger charge is -2.12. The summed E-state index contributed by atoms with van der Waals surface area (Å²) in [6.07, 6.45) is 2.49. The van der Waals surface area contributed by atoms with E-state index >= 15 is 0 Å². The van der Waals surface area contributed by atoms with Gasteiger partial charge in [-0.1, -0.05) is 11.6 Å². The molecule has 0 unspecified atom stereocenters. The monoisotopic (exact) mass is 248 g/mol. The molecule has 1 aromatic rings. The lowest BCUT2D eigenvalue weighted by atomic mass is 10.2. The summed E-state index contributed by atoms with van der Waals surface area (Å²) in [5.74, 6) is 0.541. The molecule has 0 saturated carbocycles. The normalized spacial score (nSPS) is 10.5. The van der Waals surface area contributed by atoms with Crippen LogP contribution in [0.3, 0.4) is 0 Å². The molecule has 1 heterocycles. The molecular weight excluding hydrogens is 236 g/mol. The van der Waals surface area contributed by atoms with Crippen LogP contribution in [-0.2, 0) is 6.42 Å². The number of aryl methyl sites for hydroxylation is 1. The average Bonchev–Trinajstić information content (AvgIpc) is 2.23. The first-order valence-electron chi connectivity index (χ1n) is 4.51. The van der Waals surface area contributed by atoms with Crippen LogP contribution in [-0.4, -0.2) is 10.7 Å². The fourth-order valence-corrected chi connectivity index (χ4v) is 1.60. The number of rotatable bonds is 4. The van der Waals surface area contributed by atoms with Gasteiger partial charge in [-0.3, -0.25) is 0 Å². The topological polar surface area (TPSA) is 91.9 Å². The molecule has 1 rings (SSSR count). The highest BCUT2D eigenvalue weighted by Gasteiger charge is 2.15. The Morgan fingerprint density at radius 2 is 2.07 bits per heavy atom. The van der Waals surface area contributed by atoms with E-state index in [0.717, 1.165) is 18.6 Å². The summed E-state index contributed by atoms with van der Waals surface area (Å²) in [6.45, 7) is 0. The third kappa shape index (κ3) is 2.79. The number of nitrogens with two attached hydrogens (primary N) is 2. The Bertz CT molecular complexity index is 361. The molecule has 0 bridgehead atoms. The summed E-state index contributed by atoms with van der Waals surface area (Å²) >= 11 is 9.96. The van der Waals surface area contributed by atoms with Gasteiger partial charge in [0.1, 0.15) is 10.7 Å². The number of hydrogen-bond donors (Lipinski definition) is 3. The predicted octanol–water partition coefficient (Wildman–Crippen LogP) is 0.785. The van der Waals surface area contributed by atoms with E-state index in [4.69, 9.17) is 23.1 Å². The Labute approximate surface area is 98.4 Å². The van der Waals surface area contributed by atoms with Crippen molar-refractivity contribution in [2.24, 2.45) is 0 Å². The van der Waals surface area contributed by atoms with E-state index in [0.29, 0.717) is 16.8 Å². The molecule has 0 aliphatic rings. The van der Waals surface area contributed by atoms with Crippen molar-refractivity contribution in [1.29, 1.82) is 0 Å². The van der Waals surface area contributed by atoms with E-state index in [9.17, 15) is 5.21 Å². The van der Waals surface area contributed by atoms with E-state index in [1.165, 1.54) is 0 Å². The van der Waals surface area contributed by atoms with Gasteiger partial charge in [0, 0.05) is 6.42 Å². The van der Waals surface area contributed by atoms with Gasteiger partial charge in [-0.25, -0.2) is 4.73 Å². The highest BCUT2D eigenvalue weighted by atomic mass is 35.5. The van der Waals surface area contributed by atoms with Gasteiger partial charge in [0.05, 0.1) is 0 Å². The molecule has 1 aromatic heterocycles. The van der Waals surface area contributed by atoms with Crippen LogP contribution in [0.5, 0.6) is 0 Å². The van der Waals surface area contributed by atoms with Crippen molar-refractivity contribution in [3.8, 4) is 0 Å². The van der Waals surface area contributed by atoms with Crippen LogP contribution >= 0.6 is 24.2 Å². The second-order valence-corrected chi connectivity index (χ2v) is 3.92. The average molecular weight is 249 g/mol. The second kappa shape index (κ2) is 5.27. The smallest absolute Gasteiger partial charge is 0.344 e. The molecule has 0 aromatic carbocycles. The quantitative estimate of drug-likeness (QED) is 0.318. The Kier molecular flexibility index (Phi) is 4.28. The predicted molar refractivity (Wildman–Crippen MR) is 63.8 cm³/mol. The summed E-state index contributed by atoms with van der Waals surface area (Å²) in [4.78, 5) is 3.90. The largest absolute Gasteiger partial charge is 0.754 e. The van der Waals surface area contributed by atoms with Gasteiger partial charge in [0.15, 0.2) is 0 Å². The summed E-state index contributed by atoms with van der Waals surface area (Å²) in [7, 11) is 0. The van der Waals surface area contributed by atoms with Crippen molar-refractivity contribution in [2.75, 3.05) is 17.2 Å². The van der Waals surface area contributed by atoms with Crippen molar-refractivity contribution in [3.63, 3.8) is 0 Å². The van der Waals surface area contributed by atoms with Gasteiger partial charge in [-0.05, 0) is 18.6 Å². The minimum atomic E-state index is -0.169. The molecule has 0 aliphatic heterocycles. The van der Waals surface area contributed by atoms with Crippen LogP contribution in [0.1, 0.15) is 18.5 Å². The second-order valence-electron chi connectivity index (χ2n) is 3.09. The summed E-state index contributed by atoms with van der Waals surface area (Å²) in [5.41, 5.74) is 11.4. The molecule has 0 spiro atoms. The molecule has 0 saturated heterocycles. The molecule has 84 valence electrons. The Morgan fingerprint density at radius 1 is 1.40 bits per heavy atom. The molecule has 4 N–H and O–H groups in total. The van der Waals surface area contributed by atoms with E-state index < -0.39 is 0 Å². The summed E-state index contributed by atoms with van der Waals surface area (Å²) in [6, 6.07) is 0. The standard InChI is InChI=1S/C8H13ClN4OS/c9-6-5(3-1-2-4-15)12-8(11)13(14)7(6)10/h15H,1-4,10H2,(H2,11,12). The molecule has 0 fully saturated rings. The number of halogens is 1. The maximum Gasteiger partial charge on any atom is 0.344 e. The number of nitrogens with zero attached hydrogens (tertiary/aromatic N) is 2. The van der Waals surface area contributed by atoms with Crippen LogP contribution in [0.2, 0.25) is 5.02 Å². The maximum absolute atomic E-state index is 11.2. The third-order valence-electron chi connectivity index (χ3n) is 1.98. The third-order valence-corrected chi connectivity index (χ3v) is 2.70. The lowest BCUT2D eigenvalue weighted by molar-refractivity contribution is -0.577. The Hall–Kier alpha value is -0.880. The lowest BCUT2D eigenvalue weighted by Crippen LogP contribution is -2.36. The molecule has 5 nitrogen and oxygen atoms in total. The minimum Gasteiger partial charge on any atom is -0.754 e. The zero-order valence-corrected chi connectivity index (χ0v) is 9.76. The SMILES string of the molecule is Nc1nc(CCCCS)c(Cl)c(N)[n+]1[O-]. The number of hydrogen-bond acceptors (Lipinski definition) is 5. The fraction of sp³-hybridized carbons (Fsp3) is 0.500. The Balaban J connectivity index is 2.89. The number of unbranched alkanes of at least 4 members (excludes halogenated alkanes) is 1. The van der Waals surface area contributed by atoms with Gasteiger partial charge in [-0.2, -0.15) is 12.6 Å². The summed E-state index contributed by atoms with van der Waals surface area (Å²) < 4.78 is 0.324. The molecule has 0 amide bonds. The van der Waals surface area contributed by atoms with Crippen molar-refractivity contribution >= 4 is 36.0 Å². The van der Waals surface area contributed by atoms with Gasteiger partial charge < -0.3 is 16.7 Å². The highest BCUT2D eigenvalue weighted by molar-refractivity contribution is 7.80. The summed E-state index contributed by atoms with van der Waals surface area (Å²) in [5, 5.41) is 11.4. The van der Waals surface area contributed by atoms with E-state index in [1.807, 2.05) is 0 Å². The van der Waals surface area contributed by atoms with Gasteiger partial charge in [0.2, 0.25) is 5.82 Å². The molecular formula is C8H13ClN4OS. The van der Waals surface area contributed by atoms with Crippen molar-refractivity contribution < 1.29 is 4.73 Å². The first-order valence-corrected chi connectivity index (χ1v) is 5.52. The molecule has 0 atom stereocenters. The van der Waals surface area contributed by atoms with Gasteiger partial charge >= 0.3 is 5.95 Å². The van der Waals surface area contributed by atoms with E-state index in [-0.39, 0.29) is 16.8 Å². The van der Waals surface area contributed by atoms with E-state index in [2.05, 4.69) is 17.6 Å². The van der Waals surface area contributed by atoms with Gasteiger partial charge in [-0.15, -0.1) is 4.98 Å². The molecule has 0 aliphatic carbocycles. The molecule has 15 heavy (non-hydrogen) atoms. The maximum atomic E-state index is 11.2. The Morgan fingerprint density at radius 3 is 2.67 bits per heavy atom. The molecule has 0 radical (unpaired) electrons. The van der Waals surface area contributed by atoms with Crippen molar-refractivity contribution in [1.82, 2.24) is 4.98 Å². The number of thiol groups is 1. The van der Waals surface area contributed by atoms with Crippen LogP contribution in [0.25, 0.3) is 0 Å². The van der Waals surface area contributed by atoms with Crippen molar-refractivity contribution in [2.45, 2.75) is 19.3 Å². The van der Waals surface area contributed by atoms with E-state index in [1.54, 1.807) is 0 Å². The first-order chi connectivity index (χ1) is 7.07. The van der Waals surface area contributed by atoms with Crippen LogP contribution in [0.15, 0.2) is 0 Å². The number of aromatic nitrogens is 2. The van der Waals surface area contributed by atoms with Gasteiger partial charge in [0.25, 0.3) is 0 Å². The first kappa shape index (κ1) is 12.2. The number of anilines is 2. The minimum absolute atomic E-state index is 0.0926. The highest BCUT2D eigenvalue weighted by Crippen LogP contribution is 2.21. The van der Waals surface area contributed by atoms with Crippen LogP contribution in [0.4, 0.5) is 11.8 Å².